The highest BCUT2D eigenvalue weighted by molar-refractivity contribution is 7.86. The van der Waals surface area contributed by atoms with Crippen LogP contribution in [0, 0.1) is 0 Å². The summed E-state index contributed by atoms with van der Waals surface area (Å²) in [7, 11) is -3.09. The molecule has 0 saturated carbocycles. The summed E-state index contributed by atoms with van der Waals surface area (Å²) in [5, 5.41) is 19.6. The molecule has 7 heteroatoms. The number of nitrogens with one attached hydrogen (secondary N) is 1. The first-order valence-corrected chi connectivity index (χ1v) is 5.97. The number of benzene rings is 1. The zero-order valence-corrected chi connectivity index (χ0v) is 9.35. The molecule has 0 fully saturated rings. The number of aromatic hydroxyl groups is 1. The molecule has 0 aromatic heterocycles. The van der Waals surface area contributed by atoms with Crippen LogP contribution in [0.15, 0.2) is 24.3 Å². The van der Waals surface area contributed by atoms with Gasteiger partial charge in [-0.25, -0.2) is 0 Å². The van der Waals surface area contributed by atoms with Crippen molar-refractivity contribution in [3.8, 4) is 5.75 Å². The van der Waals surface area contributed by atoms with Gasteiger partial charge in [0.2, 0.25) is 0 Å². The molecule has 2 unspecified atom stereocenters. The molecule has 0 aliphatic carbocycles. The molecule has 0 amide bonds. The maximum atomic E-state index is 10.9. The molecule has 1 rings (SSSR count). The second kappa shape index (κ2) is 4.79. The molecule has 0 aliphatic heterocycles. The largest absolute Gasteiger partial charge is 0.508 e. The summed E-state index contributed by atoms with van der Waals surface area (Å²) >= 11 is 0. The molecule has 0 saturated heterocycles. The number of hydrogen-bond acceptors (Lipinski definition) is 5. The number of hydrogen-bond donors (Lipinski definition) is 4. The Labute approximate surface area is 93.3 Å². The Balaban J connectivity index is 3.00. The van der Waals surface area contributed by atoms with E-state index in [4.69, 9.17) is 9.66 Å². The zero-order valence-electron chi connectivity index (χ0n) is 8.53. The summed E-state index contributed by atoms with van der Waals surface area (Å²) in [6.45, 7) is 0. The summed E-state index contributed by atoms with van der Waals surface area (Å²) in [5.41, 5.74) is 0.273. The molecule has 16 heavy (non-hydrogen) atoms. The van der Waals surface area contributed by atoms with Crippen molar-refractivity contribution in [3.63, 3.8) is 0 Å². The van der Waals surface area contributed by atoms with E-state index in [1.54, 1.807) is 0 Å². The third kappa shape index (κ3) is 2.92. The SMILES string of the molecule is CNC(C(O)c1ccc(O)cc1)S(=O)(=O)O. The van der Waals surface area contributed by atoms with Crippen molar-refractivity contribution in [1.82, 2.24) is 5.32 Å². The first-order valence-electron chi connectivity index (χ1n) is 4.47. The standard InChI is InChI=1S/C9H13NO5S/c1-10-9(16(13,14)15)8(12)6-2-4-7(11)5-3-6/h2-5,8-12H,1H3,(H,13,14,15). The molecule has 1 aromatic carbocycles. The molecule has 0 heterocycles. The van der Waals surface area contributed by atoms with Crippen molar-refractivity contribution in [2.45, 2.75) is 11.5 Å². The van der Waals surface area contributed by atoms with Gasteiger partial charge in [-0.15, -0.1) is 0 Å². The van der Waals surface area contributed by atoms with E-state index in [-0.39, 0.29) is 11.3 Å². The fourth-order valence-electron chi connectivity index (χ4n) is 1.32. The fraction of sp³-hybridized carbons (Fsp3) is 0.333. The van der Waals surface area contributed by atoms with Crippen LogP contribution in [0.4, 0.5) is 0 Å². The fourth-order valence-corrected chi connectivity index (χ4v) is 2.10. The first kappa shape index (κ1) is 12.9. The number of phenolic OH excluding ortho intramolecular Hbond substituents is 1. The van der Waals surface area contributed by atoms with Crippen LogP contribution < -0.4 is 5.32 Å². The van der Waals surface area contributed by atoms with E-state index in [9.17, 15) is 13.5 Å². The van der Waals surface area contributed by atoms with E-state index in [0.717, 1.165) is 0 Å². The number of aliphatic hydroxyl groups excluding tert-OH is 1. The van der Waals surface area contributed by atoms with Crippen LogP contribution >= 0.6 is 0 Å². The normalized spacial score (nSPS) is 15.7. The zero-order chi connectivity index (χ0) is 12.3. The molecule has 0 spiro atoms. The van der Waals surface area contributed by atoms with Crippen molar-refractivity contribution in [2.24, 2.45) is 0 Å². The summed E-state index contributed by atoms with van der Waals surface area (Å²) in [6, 6.07) is 5.37. The van der Waals surface area contributed by atoms with Crippen LogP contribution in [-0.4, -0.2) is 35.6 Å². The van der Waals surface area contributed by atoms with Gasteiger partial charge >= 0.3 is 0 Å². The molecule has 1 aromatic rings. The van der Waals surface area contributed by atoms with Crippen LogP contribution in [-0.2, 0) is 10.1 Å². The number of likely N-dealkylation sites (N-methyl/N-ethyl adjacent to an activating group) is 1. The smallest absolute Gasteiger partial charge is 0.284 e. The molecule has 0 aliphatic rings. The van der Waals surface area contributed by atoms with Gasteiger partial charge in [0, 0.05) is 0 Å². The molecule has 6 nitrogen and oxygen atoms in total. The van der Waals surface area contributed by atoms with Gasteiger partial charge < -0.3 is 10.2 Å². The van der Waals surface area contributed by atoms with Crippen molar-refractivity contribution in [3.05, 3.63) is 29.8 Å². The highest BCUT2D eigenvalue weighted by Gasteiger charge is 2.30. The minimum atomic E-state index is -4.40. The van der Waals surface area contributed by atoms with Gasteiger partial charge in [0.25, 0.3) is 10.1 Å². The summed E-state index contributed by atoms with van der Waals surface area (Å²) < 4.78 is 30.7. The molecule has 2 atom stereocenters. The summed E-state index contributed by atoms with van der Waals surface area (Å²) in [6.07, 6.45) is -1.42. The molecule has 90 valence electrons. The Morgan fingerprint density at radius 2 is 1.75 bits per heavy atom. The van der Waals surface area contributed by atoms with E-state index in [2.05, 4.69) is 5.32 Å². The van der Waals surface area contributed by atoms with Gasteiger partial charge in [-0.1, -0.05) is 12.1 Å². The molecule has 0 radical (unpaired) electrons. The molecule has 0 bridgehead atoms. The van der Waals surface area contributed by atoms with Crippen LogP contribution in [0.2, 0.25) is 0 Å². The lowest BCUT2D eigenvalue weighted by Gasteiger charge is -2.19. The van der Waals surface area contributed by atoms with Crippen molar-refractivity contribution < 1.29 is 23.2 Å². The van der Waals surface area contributed by atoms with Gasteiger partial charge in [-0.2, -0.15) is 8.42 Å². The maximum Gasteiger partial charge on any atom is 0.284 e. The van der Waals surface area contributed by atoms with Gasteiger partial charge in [0.05, 0.1) is 0 Å². The van der Waals surface area contributed by atoms with Gasteiger partial charge in [-0.05, 0) is 24.7 Å². The second-order valence-corrected chi connectivity index (χ2v) is 4.80. The number of aliphatic hydroxyl groups is 1. The Hall–Kier alpha value is -1.15. The van der Waals surface area contributed by atoms with Gasteiger partial charge in [-0.3, -0.25) is 9.87 Å². The highest BCUT2D eigenvalue weighted by atomic mass is 32.2. The lowest BCUT2D eigenvalue weighted by Crippen LogP contribution is -2.39. The average molecular weight is 247 g/mol. The summed E-state index contributed by atoms with van der Waals surface area (Å²) in [5.74, 6) is 0.00353. The van der Waals surface area contributed by atoms with Gasteiger partial charge in [0.15, 0.2) is 5.37 Å². The second-order valence-electron chi connectivity index (χ2n) is 3.26. The highest BCUT2D eigenvalue weighted by Crippen LogP contribution is 2.21. The minimum absolute atomic E-state index is 0.00353. The number of rotatable bonds is 4. The van der Waals surface area contributed by atoms with Crippen LogP contribution in [0.5, 0.6) is 5.75 Å². The van der Waals surface area contributed by atoms with E-state index < -0.39 is 21.6 Å². The molecule has 4 N–H and O–H groups in total. The van der Waals surface area contributed by atoms with E-state index in [1.165, 1.54) is 31.3 Å². The van der Waals surface area contributed by atoms with Crippen molar-refractivity contribution >= 4 is 10.1 Å². The van der Waals surface area contributed by atoms with Crippen LogP contribution in [0.3, 0.4) is 0 Å². The third-order valence-corrected chi connectivity index (χ3v) is 3.26. The summed E-state index contributed by atoms with van der Waals surface area (Å²) in [4.78, 5) is 0. The monoisotopic (exact) mass is 247 g/mol. The van der Waals surface area contributed by atoms with E-state index in [0.29, 0.717) is 0 Å². The molecular formula is C9H13NO5S. The lowest BCUT2D eigenvalue weighted by atomic mass is 10.1. The molecular weight excluding hydrogens is 234 g/mol. The van der Waals surface area contributed by atoms with Crippen LogP contribution in [0.25, 0.3) is 0 Å². The van der Waals surface area contributed by atoms with Crippen molar-refractivity contribution in [1.29, 1.82) is 0 Å². The van der Waals surface area contributed by atoms with Crippen molar-refractivity contribution in [2.75, 3.05) is 7.05 Å². The predicted molar refractivity (Wildman–Crippen MR) is 57.5 cm³/mol. The lowest BCUT2D eigenvalue weighted by molar-refractivity contribution is 0.157. The maximum absolute atomic E-state index is 10.9. The first-order chi connectivity index (χ1) is 7.36. The topological polar surface area (TPSA) is 107 Å². The van der Waals surface area contributed by atoms with E-state index >= 15 is 0 Å². The average Bonchev–Trinajstić information content (AvgIpc) is 2.17. The van der Waals surface area contributed by atoms with Crippen LogP contribution in [0.1, 0.15) is 11.7 Å². The minimum Gasteiger partial charge on any atom is -0.508 e. The Bertz CT molecular complexity index is 441. The Kier molecular flexibility index (Phi) is 3.87. The quantitative estimate of drug-likeness (QED) is 0.552. The van der Waals surface area contributed by atoms with Gasteiger partial charge in [0.1, 0.15) is 11.9 Å². The Morgan fingerprint density at radius 3 is 2.12 bits per heavy atom. The number of phenols is 1. The third-order valence-electron chi connectivity index (χ3n) is 2.13. The predicted octanol–water partition coefficient (Wildman–Crippen LogP) is -0.141. The Morgan fingerprint density at radius 1 is 1.25 bits per heavy atom. The van der Waals surface area contributed by atoms with E-state index in [1.807, 2.05) is 0 Å².